The third-order valence-electron chi connectivity index (χ3n) is 2.63. The van der Waals surface area contributed by atoms with Crippen LogP contribution in [-0.2, 0) is 13.1 Å². The molecule has 1 amide bonds. The van der Waals surface area contributed by atoms with Gasteiger partial charge in [-0.05, 0) is 11.6 Å². The van der Waals surface area contributed by atoms with Crippen LogP contribution in [0.1, 0.15) is 26.5 Å². The van der Waals surface area contributed by atoms with Crippen molar-refractivity contribution in [3.8, 4) is 0 Å². The molecule has 2 heterocycles. The van der Waals surface area contributed by atoms with E-state index in [2.05, 4.69) is 20.6 Å². The van der Waals surface area contributed by atoms with Gasteiger partial charge in [0, 0.05) is 19.3 Å². The number of aromatic nitrogens is 4. The Bertz CT molecular complexity index is 637. The predicted molar refractivity (Wildman–Crippen MR) is 71.4 cm³/mol. The Hall–Kier alpha value is -2.81. The second-order valence-corrected chi connectivity index (χ2v) is 4.20. The van der Waals surface area contributed by atoms with E-state index in [1.807, 2.05) is 0 Å². The highest BCUT2D eigenvalue weighted by Gasteiger charge is 2.10. The van der Waals surface area contributed by atoms with E-state index in [-0.39, 0.29) is 23.8 Å². The number of amides is 1. The lowest BCUT2D eigenvalue weighted by Crippen LogP contribution is -2.23. The van der Waals surface area contributed by atoms with Crippen molar-refractivity contribution in [3.05, 3.63) is 41.5 Å². The van der Waals surface area contributed by atoms with E-state index in [9.17, 15) is 9.59 Å². The van der Waals surface area contributed by atoms with Gasteiger partial charge in [-0.15, -0.1) is 5.10 Å². The highest BCUT2D eigenvalue weighted by Crippen LogP contribution is 2.01. The summed E-state index contributed by atoms with van der Waals surface area (Å²) in [5.41, 5.74) is 6.21. The van der Waals surface area contributed by atoms with E-state index in [0.29, 0.717) is 18.7 Å². The normalized spacial score (nSPS) is 10.3. The third-order valence-corrected chi connectivity index (χ3v) is 2.63. The molecule has 21 heavy (non-hydrogen) atoms. The second kappa shape index (κ2) is 6.57. The number of rotatable bonds is 6. The van der Waals surface area contributed by atoms with Gasteiger partial charge in [0.2, 0.25) is 0 Å². The van der Waals surface area contributed by atoms with E-state index >= 15 is 0 Å². The smallest absolute Gasteiger partial charge is 0.354 e. The lowest BCUT2D eigenvalue weighted by atomic mass is 10.2. The minimum Gasteiger partial charge on any atom is -0.477 e. The van der Waals surface area contributed by atoms with Gasteiger partial charge in [0.1, 0.15) is 5.69 Å². The topological polar surface area (TPSA) is 136 Å². The Morgan fingerprint density at radius 1 is 1.33 bits per heavy atom. The number of carbonyl (C=O) groups is 2. The zero-order valence-electron chi connectivity index (χ0n) is 11.1. The number of nitrogens with zero attached hydrogens (tertiary/aromatic N) is 4. The average Bonchev–Trinajstić information content (AvgIpc) is 2.94. The Morgan fingerprint density at radius 3 is 2.76 bits per heavy atom. The first-order valence-electron chi connectivity index (χ1n) is 6.17. The molecule has 0 unspecified atom stereocenters. The van der Waals surface area contributed by atoms with Gasteiger partial charge >= 0.3 is 5.97 Å². The van der Waals surface area contributed by atoms with E-state index in [0.717, 1.165) is 0 Å². The lowest BCUT2D eigenvalue weighted by molar-refractivity contribution is 0.0690. The van der Waals surface area contributed by atoms with Crippen LogP contribution in [0.4, 0.5) is 0 Å². The van der Waals surface area contributed by atoms with Crippen LogP contribution in [0.15, 0.2) is 24.5 Å². The fraction of sp³-hybridized carbons (Fsp3) is 0.250. The number of carbonyl (C=O) groups excluding carboxylic acids is 1. The largest absolute Gasteiger partial charge is 0.477 e. The van der Waals surface area contributed by atoms with Gasteiger partial charge in [-0.1, -0.05) is 11.3 Å². The first-order valence-corrected chi connectivity index (χ1v) is 6.17. The van der Waals surface area contributed by atoms with E-state index < -0.39 is 5.97 Å². The molecular formula is C12H14N6O3. The SMILES string of the molecule is NCCn1cc(C(=O)NCc2ccc(C(=O)O)nc2)nn1. The van der Waals surface area contributed by atoms with Crippen LogP contribution in [0.3, 0.4) is 0 Å². The molecule has 2 aromatic rings. The summed E-state index contributed by atoms with van der Waals surface area (Å²) in [5.74, 6) is -1.47. The molecule has 0 atom stereocenters. The van der Waals surface area contributed by atoms with Gasteiger partial charge in [-0.25, -0.2) is 9.78 Å². The molecular weight excluding hydrogens is 276 g/mol. The summed E-state index contributed by atoms with van der Waals surface area (Å²) >= 11 is 0. The number of nitrogens with one attached hydrogen (secondary N) is 1. The molecule has 2 aromatic heterocycles. The molecule has 0 aliphatic heterocycles. The molecule has 0 fully saturated rings. The van der Waals surface area contributed by atoms with Gasteiger partial charge in [-0.3, -0.25) is 9.48 Å². The Balaban J connectivity index is 1.92. The first kappa shape index (κ1) is 14.6. The number of hydrogen-bond acceptors (Lipinski definition) is 6. The van der Waals surface area contributed by atoms with Crippen LogP contribution in [0.5, 0.6) is 0 Å². The first-order chi connectivity index (χ1) is 10.1. The highest BCUT2D eigenvalue weighted by atomic mass is 16.4. The monoisotopic (exact) mass is 290 g/mol. The molecule has 2 rings (SSSR count). The zero-order valence-corrected chi connectivity index (χ0v) is 11.1. The quantitative estimate of drug-likeness (QED) is 0.637. The molecule has 0 saturated heterocycles. The predicted octanol–water partition coefficient (Wildman–Crippen LogP) is -0.740. The fourth-order valence-electron chi connectivity index (χ4n) is 1.57. The average molecular weight is 290 g/mol. The van der Waals surface area contributed by atoms with Crippen molar-refractivity contribution >= 4 is 11.9 Å². The van der Waals surface area contributed by atoms with Crippen LogP contribution in [0, 0.1) is 0 Å². The van der Waals surface area contributed by atoms with Gasteiger partial charge in [0.15, 0.2) is 5.69 Å². The lowest BCUT2D eigenvalue weighted by Gasteiger charge is -2.03. The molecule has 0 saturated carbocycles. The third kappa shape index (κ3) is 3.83. The Kier molecular flexibility index (Phi) is 4.57. The minimum absolute atomic E-state index is 0.0465. The summed E-state index contributed by atoms with van der Waals surface area (Å²) in [7, 11) is 0. The van der Waals surface area contributed by atoms with Gasteiger partial charge in [0.05, 0.1) is 12.7 Å². The van der Waals surface area contributed by atoms with Crippen molar-refractivity contribution in [1.82, 2.24) is 25.3 Å². The maximum atomic E-state index is 11.8. The fourth-order valence-corrected chi connectivity index (χ4v) is 1.57. The summed E-state index contributed by atoms with van der Waals surface area (Å²) < 4.78 is 1.48. The molecule has 0 spiro atoms. The zero-order chi connectivity index (χ0) is 15.2. The summed E-state index contributed by atoms with van der Waals surface area (Å²) in [5, 5.41) is 18.9. The Morgan fingerprint density at radius 2 is 2.14 bits per heavy atom. The Labute approximate surface area is 119 Å². The summed E-state index contributed by atoms with van der Waals surface area (Å²) in [4.78, 5) is 26.3. The van der Waals surface area contributed by atoms with Gasteiger partial charge in [-0.2, -0.15) is 0 Å². The van der Waals surface area contributed by atoms with Gasteiger partial charge in [0.25, 0.3) is 5.91 Å². The van der Waals surface area contributed by atoms with Crippen molar-refractivity contribution in [2.45, 2.75) is 13.1 Å². The molecule has 9 nitrogen and oxygen atoms in total. The van der Waals surface area contributed by atoms with Crippen LogP contribution in [0.25, 0.3) is 0 Å². The number of pyridine rings is 1. The standard InChI is InChI=1S/C12H14N6O3/c13-3-4-18-7-10(16-17-18)11(19)15-6-8-1-2-9(12(20)21)14-5-8/h1-2,5,7H,3-4,6,13H2,(H,15,19)(H,20,21). The maximum absolute atomic E-state index is 11.8. The molecule has 0 aromatic carbocycles. The minimum atomic E-state index is -1.10. The molecule has 9 heteroatoms. The van der Waals surface area contributed by atoms with Crippen molar-refractivity contribution in [3.63, 3.8) is 0 Å². The number of carboxylic acids is 1. The highest BCUT2D eigenvalue weighted by molar-refractivity contribution is 5.91. The summed E-state index contributed by atoms with van der Waals surface area (Å²) in [6.07, 6.45) is 2.91. The number of carboxylic acid groups (broad SMARTS) is 1. The molecule has 0 aliphatic carbocycles. The maximum Gasteiger partial charge on any atom is 0.354 e. The molecule has 0 radical (unpaired) electrons. The summed E-state index contributed by atoms with van der Waals surface area (Å²) in [6.45, 7) is 1.11. The summed E-state index contributed by atoms with van der Waals surface area (Å²) in [6, 6.07) is 2.96. The number of aromatic carboxylic acids is 1. The van der Waals surface area contributed by atoms with Crippen LogP contribution >= 0.6 is 0 Å². The van der Waals surface area contributed by atoms with Crippen LogP contribution in [-0.4, -0.2) is 43.5 Å². The van der Waals surface area contributed by atoms with Crippen molar-refractivity contribution in [2.24, 2.45) is 5.73 Å². The van der Waals surface area contributed by atoms with Crippen molar-refractivity contribution in [2.75, 3.05) is 6.54 Å². The van der Waals surface area contributed by atoms with E-state index in [1.165, 1.54) is 23.1 Å². The van der Waals surface area contributed by atoms with Crippen molar-refractivity contribution < 1.29 is 14.7 Å². The van der Waals surface area contributed by atoms with Crippen molar-refractivity contribution in [1.29, 1.82) is 0 Å². The molecule has 4 N–H and O–H groups in total. The van der Waals surface area contributed by atoms with E-state index in [4.69, 9.17) is 10.8 Å². The number of hydrogen-bond donors (Lipinski definition) is 3. The van der Waals surface area contributed by atoms with Crippen LogP contribution < -0.4 is 11.1 Å². The molecule has 0 bridgehead atoms. The second-order valence-electron chi connectivity index (χ2n) is 4.20. The molecule has 110 valence electrons. The van der Waals surface area contributed by atoms with E-state index in [1.54, 1.807) is 6.07 Å². The number of nitrogens with two attached hydrogens (primary N) is 1. The van der Waals surface area contributed by atoms with Gasteiger partial charge < -0.3 is 16.2 Å². The van der Waals surface area contributed by atoms with Crippen LogP contribution in [0.2, 0.25) is 0 Å². The molecule has 0 aliphatic rings.